The predicted molar refractivity (Wildman–Crippen MR) is 71.2 cm³/mol. The lowest BCUT2D eigenvalue weighted by molar-refractivity contribution is 0.143. The van der Waals surface area contributed by atoms with Crippen LogP contribution in [0.2, 0.25) is 0 Å². The maximum absolute atomic E-state index is 13.8. The van der Waals surface area contributed by atoms with Crippen LogP contribution < -0.4 is 5.73 Å². The van der Waals surface area contributed by atoms with E-state index >= 15 is 0 Å². The molecule has 1 aromatic heterocycles. The summed E-state index contributed by atoms with van der Waals surface area (Å²) >= 11 is 0. The van der Waals surface area contributed by atoms with Crippen LogP contribution in [0.1, 0.15) is 35.8 Å². The number of benzene rings is 1. The second kappa shape index (κ2) is 6.15. The van der Waals surface area contributed by atoms with Gasteiger partial charge in [0.15, 0.2) is 0 Å². The lowest BCUT2D eigenvalue weighted by Gasteiger charge is -2.22. The summed E-state index contributed by atoms with van der Waals surface area (Å²) in [6.07, 6.45) is 1.10. The Kier molecular flexibility index (Phi) is 4.52. The van der Waals surface area contributed by atoms with Crippen molar-refractivity contribution in [2.24, 2.45) is 5.73 Å². The fraction of sp³-hybridized carbons (Fsp3) is 0.333. The molecule has 0 spiro atoms. The lowest BCUT2D eigenvalue weighted by atomic mass is 9.88. The normalized spacial score (nSPS) is 14.2. The van der Waals surface area contributed by atoms with Crippen molar-refractivity contribution in [3.63, 3.8) is 0 Å². The van der Waals surface area contributed by atoms with Gasteiger partial charge >= 0.3 is 0 Å². The number of aryl methyl sites for hydroxylation is 1. The molecule has 0 aliphatic heterocycles. The van der Waals surface area contributed by atoms with Gasteiger partial charge in [-0.05, 0) is 17.7 Å². The molecule has 0 aliphatic carbocycles. The van der Waals surface area contributed by atoms with Crippen LogP contribution in [0.4, 0.5) is 8.78 Å². The first-order chi connectivity index (χ1) is 9.58. The summed E-state index contributed by atoms with van der Waals surface area (Å²) in [5.41, 5.74) is 6.45. The van der Waals surface area contributed by atoms with E-state index in [4.69, 9.17) is 10.2 Å². The van der Waals surface area contributed by atoms with Crippen molar-refractivity contribution in [1.29, 1.82) is 0 Å². The third kappa shape index (κ3) is 2.73. The van der Waals surface area contributed by atoms with Gasteiger partial charge in [-0.25, -0.2) is 8.78 Å². The van der Waals surface area contributed by atoms with E-state index in [1.807, 2.05) is 6.92 Å². The molecule has 0 radical (unpaired) electrons. The molecule has 0 amide bonds. The molecule has 3 nitrogen and oxygen atoms in total. The van der Waals surface area contributed by atoms with Crippen LogP contribution >= 0.6 is 0 Å². The average Bonchev–Trinajstić information content (AvgIpc) is 2.90. The van der Waals surface area contributed by atoms with Crippen molar-refractivity contribution in [2.75, 3.05) is 6.54 Å². The van der Waals surface area contributed by atoms with Crippen molar-refractivity contribution >= 4 is 0 Å². The van der Waals surface area contributed by atoms with Crippen LogP contribution in [0.3, 0.4) is 0 Å². The van der Waals surface area contributed by atoms with Crippen LogP contribution in [-0.4, -0.2) is 11.7 Å². The van der Waals surface area contributed by atoms with Crippen LogP contribution in [0.25, 0.3) is 0 Å². The minimum atomic E-state index is -0.992. The average molecular weight is 281 g/mol. The Hall–Kier alpha value is -1.72. The maximum Gasteiger partial charge on any atom is 0.129 e. The van der Waals surface area contributed by atoms with Crippen molar-refractivity contribution in [2.45, 2.75) is 25.4 Å². The monoisotopic (exact) mass is 281 g/mol. The molecular weight excluding hydrogens is 264 g/mol. The Labute approximate surface area is 116 Å². The Morgan fingerprint density at radius 1 is 1.25 bits per heavy atom. The summed E-state index contributed by atoms with van der Waals surface area (Å²) in [6.45, 7) is 1.93. The van der Waals surface area contributed by atoms with E-state index in [-0.39, 0.29) is 12.1 Å². The van der Waals surface area contributed by atoms with Crippen LogP contribution in [0, 0.1) is 11.6 Å². The third-order valence-corrected chi connectivity index (χ3v) is 3.42. The molecule has 1 aromatic carbocycles. The molecule has 108 valence electrons. The van der Waals surface area contributed by atoms with Gasteiger partial charge in [0.25, 0.3) is 0 Å². The number of aliphatic hydroxyl groups is 1. The first-order valence-corrected chi connectivity index (χ1v) is 6.47. The first kappa shape index (κ1) is 14.7. The van der Waals surface area contributed by atoms with Gasteiger partial charge in [0.05, 0.1) is 12.4 Å². The first-order valence-electron chi connectivity index (χ1n) is 6.47. The molecular formula is C15H17F2NO2. The largest absolute Gasteiger partial charge is 0.469 e. The number of furan rings is 1. The number of nitrogens with two attached hydrogens (primary N) is 1. The van der Waals surface area contributed by atoms with E-state index in [9.17, 15) is 13.9 Å². The standard InChI is InChI=1S/C15H17F2NO2/c1-2-14-11(5-6-20-14)15(19)12(8-18)10-4-3-9(16)7-13(10)17/h3-7,12,15,19H,2,8,18H2,1H3. The van der Waals surface area contributed by atoms with Gasteiger partial charge in [0, 0.05) is 30.5 Å². The van der Waals surface area contributed by atoms with E-state index in [2.05, 4.69) is 0 Å². The smallest absolute Gasteiger partial charge is 0.129 e. The maximum atomic E-state index is 13.8. The number of rotatable bonds is 5. The Morgan fingerprint density at radius 2 is 2.00 bits per heavy atom. The van der Waals surface area contributed by atoms with Gasteiger partial charge in [-0.3, -0.25) is 0 Å². The molecule has 2 rings (SSSR count). The molecule has 0 aliphatic rings. The van der Waals surface area contributed by atoms with Gasteiger partial charge in [-0.1, -0.05) is 13.0 Å². The molecule has 1 heterocycles. The summed E-state index contributed by atoms with van der Waals surface area (Å²) in [6, 6.07) is 4.91. The summed E-state index contributed by atoms with van der Waals surface area (Å²) in [5, 5.41) is 10.4. The fourth-order valence-electron chi connectivity index (χ4n) is 2.35. The van der Waals surface area contributed by atoms with Crippen molar-refractivity contribution in [3.05, 3.63) is 59.1 Å². The number of hydrogen-bond acceptors (Lipinski definition) is 3. The minimum absolute atomic E-state index is 0.0397. The van der Waals surface area contributed by atoms with Crippen molar-refractivity contribution in [3.8, 4) is 0 Å². The molecule has 5 heteroatoms. The zero-order valence-electron chi connectivity index (χ0n) is 11.1. The highest BCUT2D eigenvalue weighted by Crippen LogP contribution is 2.34. The molecule has 0 saturated carbocycles. The van der Waals surface area contributed by atoms with Crippen molar-refractivity contribution < 1.29 is 18.3 Å². The molecule has 2 atom stereocenters. The van der Waals surface area contributed by atoms with E-state index < -0.39 is 23.7 Å². The highest BCUT2D eigenvalue weighted by Gasteiger charge is 2.27. The number of aliphatic hydroxyl groups excluding tert-OH is 1. The highest BCUT2D eigenvalue weighted by molar-refractivity contribution is 5.29. The zero-order chi connectivity index (χ0) is 14.7. The number of halogens is 2. The third-order valence-electron chi connectivity index (χ3n) is 3.42. The summed E-state index contributed by atoms with van der Waals surface area (Å²) < 4.78 is 32.1. The lowest BCUT2D eigenvalue weighted by Crippen LogP contribution is -2.21. The highest BCUT2D eigenvalue weighted by atomic mass is 19.1. The van der Waals surface area contributed by atoms with Gasteiger partial charge in [0.1, 0.15) is 17.4 Å². The Morgan fingerprint density at radius 3 is 2.60 bits per heavy atom. The second-order valence-corrected chi connectivity index (χ2v) is 4.61. The molecule has 0 saturated heterocycles. The summed E-state index contributed by atoms with van der Waals surface area (Å²) in [7, 11) is 0. The topological polar surface area (TPSA) is 59.4 Å². The van der Waals surface area contributed by atoms with Gasteiger partial charge < -0.3 is 15.3 Å². The van der Waals surface area contributed by atoms with E-state index in [1.54, 1.807) is 6.07 Å². The quantitative estimate of drug-likeness (QED) is 0.886. The zero-order valence-corrected chi connectivity index (χ0v) is 11.1. The Balaban J connectivity index is 2.36. The van der Waals surface area contributed by atoms with Gasteiger partial charge in [-0.15, -0.1) is 0 Å². The number of hydrogen-bond donors (Lipinski definition) is 2. The van der Waals surface area contributed by atoms with E-state index in [0.717, 1.165) is 12.1 Å². The molecule has 2 aromatic rings. The van der Waals surface area contributed by atoms with Crippen LogP contribution in [0.5, 0.6) is 0 Å². The van der Waals surface area contributed by atoms with Crippen molar-refractivity contribution in [1.82, 2.24) is 0 Å². The molecule has 20 heavy (non-hydrogen) atoms. The molecule has 0 bridgehead atoms. The molecule has 0 fully saturated rings. The van der Waals surface area contributed by atoms with Crippen LogP contribution in [-0.2, 0) is 6.42 Å². The van der Waals surface area contributed by atoms with E-state index in [0.29, 0.717) is 17.7 Å². The molecule has 2 unspecified atom stereocenters. The molecule has 3 N–H and O–H groups in total. The predicted octanol–water partition coefficient (Wildman–Crippen LogP) is 2.90. The fourth-order valence-corrected chi connectivity index (χ4v) is 2.35. The van der Waals surface area contributed by atoms with Gasteiger partial charge in [0.2, 0.25) is 0 Å². The minimum Gasteiger partial charge on any atom is -0.469 e. The summed E-state index contributed by atoms with van der Waals surface area (Å²) in [5.74, 6) is -1.38. The summed E-state index contributed by atoms with van der Waals surface area (Å²) in [4.78, 5) is 0. The van der Waals surface area contributed by atoms with Gasteiger partial charge in [-0.2, -0.15) is 0 Å². The van der Waals surface area contributed by atoms with E-state index in [1.165, 1.54) is 12.3 Å². The Bertz CT molecular complexity index is 583. The SMILES string of the molecule is CCc1occc1C(O)C(CN)c1ccc(F)cc1F. The van der Waals surface area contributed by atoms with Crippen LogP contribution in [0.15, 0.2) is 34.9 Å². The second-order valence-electron chi connectivity index (χ2n) is 4.61.